The maximum absolute atomic E-state index is 12.6. The zero-order valence-electron chi connectivity index (χ0n) is 15.9. The fourth-order valence-electron chi connectivity index (χ4n) is 2.65. The highest BCUT2D eigenvalue weighted by Crippen LogP contribution is 2.35. The average Bonchev–Trinajstić information content (AvgIpc) is 2.73. The Labute approximate surface area is 180 Å². The lowest BCUT2D eigenvalue weighted by molar-refractivity contribution is -0.117. The minimum atomic E-state index is -0.435. The molecule has 1 heterocycles. The molecule has 0 atom stereocenters. The van der Waals surface area contributed by atoms with Crippen molar-refractivity contribution in [3.05, 3.63) is 39.6 Å². The Hall–Kier alpha value is -2.73. The van der Waals surface area contributed by atoms with E-state index >= 15 is 0 Å². The fourth-order valence-corrected chi connectivity index (χ4v) is 3.18. The van der Waals surface area contributed by atoms with Gasteiger partial charge in [0.25, 0.3) is 0 Å². The van der Waals surface area contributed by atoms with Crippen LogP contribution in [0.3, 0.4) is 0 Å². The second-order valence-electron chi connectivity index (χ2n) is 5.80. The highest BCUT2D eigenvalue weighted by atomic mass is 127. The van der Waals surface area contributed by atoms with E-state index in [0.29, 0.717) is 41.4 Å². The number of rotatable bonds is 8. The van der Waals surface area contributed by atoms with Crippen LogP contribution in [0.2, 0.25) is 0 Å². The summed E-state index contributed by atoms with van der Waals surface area (Å²) < 4.78 is 21.3. The van der Waals surface area contributed by atoms with E-state index in [1.807, 2.05) is 22.6 Å². The lowest BCUT2D eigenvalue weighted by Crippen LogP contribution is -2.23. The molecule has 0 saturated heterocycles. The molecule has 2 aromatic rings. The summed E-state index contributed by atoms with van der Waals surface area (Å²) in [6.07, 6.45) is 2.52. The van der Waals surface area contributed by atoms with Crippen LogP contribution in [-0.4, -0.2) is 56.1 Å². The van der Waals surface area contributed by atoms with Crippen molar-refractivity contribution >= 4 is 50.9 Å². The van der Waals surface area contributed by atoms with E-state index in [1.165, 1.54) is 26.6 Å². The Balaban J connectivity index is 2.01. The molecule has 3 rings (SSSR count). The molecular formula is C19H18IN3O6. The molecule has 0 amide bonds. The maximum atomic E-state index is 12.6. The number of fused-ring (bicyclic) bond motifs is 1. The van der Waals surface area contributed by atoms with Crippen LogP contribution in [0.4, 0.5) is 5.82 Å². The van der Waals surface area contributed by atoms with E-state index in [9.17, 15) is 9.59 Å². The Morgan fingerprint density at radius 3 is 2.52 bits per heavy atom. The van der Waals surface area contributed by atoms with Crippen molar-refractivity contribution in [2.24, 2.45) is 0 Å². The van der Waals surface area contributed by atoms with Gasteiger partial charge in [0.1, 0.15) is 24.4 Å². The number of methoxy groups -OCH3 is 3. The highest BCUT2D eigenvalue weighted by Gasteiger charge is 2.29. The summed E-state index contributed by atoms with van der Waals surface area (Å²) in [6.45, 7) is 0.776. The Kier molecular flexibility index (Phi) is 6.64. The van der Waals surface area contributed by atoms with Crippen molar-refractivity contribution in [3.8, 4) is 11.5 Å². The van der Waals surface area contributed by atoms with Crippen LogP contribution in [0.5, 0.6) is 11.5 Å². The summed E-state index contributed by atoms with van der Waals surface area (Å²) in [4.78, 5) is 33.2. The average molecular weight is 511 g/mol. The number of nitrogens with one attached hydrogen (secondary N) is 1. The molecule has 0 aliphatic heterocycles. The van der Waals surface area contributed by atoms with E-state index in [4.69, 9.17) is 18.9 Å². The number of carbonyl (C=O) groups excluding carboxylic acids is 2. The van der Waals surface area contributed by atoms with Crippen LogP contribution >= 0.6 is 22.6 Å². The Morgan fingerprint density at radius 2 is 1.83 bits per heavy atom. The lowest BCUT2D eigenvalue weighted by atomic mass is 10.1. The number of nitrogens with zero attached hydrogens (tertiary/aromatic N) is 2. The van der Waals surface area contributed by atoms with Crippen LogP contribution in [0, 0.1) is 0 Å². The summed E-state index contributed by atoms with van der Waals surface area (Å²) in [5.74, 6) is 0.522. The molecular weight excluding hydrogens is 493 g/mol. The first-order valence-corrected chi connectivity index (χ1v) is 9.54. The first-order chi connectivity index (χ1) is 14.0. The van der Waals surface area contributed by atoms with Crippen LogP contribution in [0.1, 0.15) is 0 Å². The van der Waals surface area contributed by atoms with Crippen molar-refractivity contribution in [2.45, 2.75) is 0 Å². The van der Waals surface area contributed by atoms with Gasteiger partial charge >= 0.3 is 0 Å². The van der Waals surface area contributed by atoms with Crippen molar-refractivity contribution in [3.63, 3.8) is 0 Å². The molecule has 10 heteroatoms. The van der Waals surface area contributed by atoms with E-state index < -0.39 is 5.78 Å². The third-order valence-corrected chi connectivity index (χ3v) is 5.15. The van der Waals surface area contributed by atoms with Crippen LogP contribution < -0.4 is 14.8 Å². The maximum Gasteiger partial charge on any atom is 0.245 e. The van der Waals surface area contributed by atoms with Gasteiger partial charge in [-0.05, 0) is 28.7 Å². The van der Waals surface area contributed by atoms with Crippen molar-refractivity contribution in [2.75, 3.05) is 39.9 Å². The molecule has 0 bridgehead atoms. The monoisotopic (exact) mass is 511 g/mol. The number of ether oxygens (including phenoxy) is 4. The molecule has 0 saturated carbocycles. The summed E-state index contributed by atoms with van der Waals surface area (Å²) in [5.41, 5.74) is 0.665. The van der Waals surface area contributed by atoms with Crippen molar-refractivity contribution < 1.29 is 28.5 Å². The summed E-state index contributed by atoms with van der Waals surface area (Å²) in [5, 5.41) is 3.55. The van der Waals surface area contributed by atoms with Gasteiger partial charge in [-0.25, -0.2) is 9.97 Å². The largest absolute Gasteiger partial charge is 0.493 e. The molecule has 1 N–H and O–H groups in total. The number of allylic oxidation sites excluding steroid dienone is 2. The number of anilines is 1. The van der Waals surface area contributed by atoms with Gasteiger partial charge < -0.3 is 24.3 Å². The third kappa shape index (κ3) is 4.32. The number of aromatic nitrogens is 2. The number of hydrogen-bond acceptors (Lipinski definition) is 9. The molecule has 0 radical (unpaired) electrons. The first-order valence-electron chi connectivity index (χ1n) is 8.46. The molecule has 152 valence electrons. The predicted molar refractivity (Wildman–Crippen MR) is 113 cm³/mol. The number of halogens is 1. The molecule has 1 aliphatic carbocycles. The number of Topliss-reactive ketones (excluding diaryl/α,β-unsaturated/α-hetero) is 1. The van der Waals surface area contributed by atoms with Gasteiger partial charge in [-0.3, -0.25) is 9.59 Å². The molecule has 29 heavy (non-hydrogen) atoms. The summed E-state index contributed by atoms with van der Waals surface area (Å²) in [7, 11) is 4.44. The van der Waals surface area contributed by atoms with Crippen molar-refractivity contribution in [1.82, 2.24) is 9.97 Å². The van der Waals surface area contributed by atoms with Crippen LogP contribution in [0.25, 0.3) is 10.9 Å². The first kappa shape index (κ1) is 21.0. The smallest absolute Gasteiger partial charge is 0.245 e. The molecule has 9 nitrogen and oxygen atoms in total. The second-order valence-corrected chi connectivity index (χ2v) is 6.88. The summed E-state index contributed by atoms with van der Waals surface area (Å²) >= 11 is 1.82. The molecule has 1 aliphatic rings. The van der Waals surface area contributed by atoms with Gasteiger partial charge in [-0.2, -0.15) is 0 Å². The van der Waals surface area contributed by atoms with Gasteiger partial charge in [0.05, 0.1) is 29.9 Å². The van der Waals surface area contributed by atoms with Gasteiger partial charge in [0.2, 0.25) is 5.78 Å². The number of hydrogen-bond donors (Lipinski definition) is 1. The van der Waals surface area contributed by atoms with E-state index in [2.05, 4.69) is 15.3 Å². The van der Waals surface area contributed by atoms with Crippen LogP contribution in [-0.2, 0) is 19.1 Å². The molecule has 1 aromatic carbocycles. The lowest BCUT2D eigenvalue weighted by Gasteiger charge is -2.18. The number of carbonyl (C=O) groups is 2. The second kappa shape index (κ2) is 9.18. The van der Waals surface area contributed by atoms with Crippen molar-refractivity contribution in [1.29, 1.82) is 0 Å². The van der Waals surface area contributed by atoms with Gasteiger partial charge in [-0.15, -0.1) is 0 Å². The van der Waals surface area contributed by atoms with Gasteiger partial charge in [0.15, 0.2) is 23.0 Å². The van der Waals surface area contributed by atoms with E-state index in [1.54, 1.807) is 19.2 Å². The Morgan fingerprint density at radius 1 is 1.03 bits per heavy atom. The minimum Gasteiger partial charge on any atom is -0.493 e. The predicted octanol–water partition coefficient (Wildman–Crippen LogP) is 2.40. The highest BCUT2D eigenvalue weighted by molar-refractivity contribution is 14.1. The standard InChI is InChI=1S/C19H18IN3O6/c1-26-4-5-29-14-7-11-10(6-13(14)27-2)19(22-9-21-11)23-17-16(20)12(24)8-15(28-3)18(17)25/h6-9H,4-5H2,1-3H3,(H,21,22,23). The summed E-state index contributed by atoms with van der Waals surface area (Å²) in [6, 6.07) is 3.42. The SMILES string of the molecule is COCCOc1cc2ncnc(NC3=C(I)C(=O)C=C(OC)C3=O)c2cc1OC. The molecule has 0 spiro atoms. The van der Waals surface area contributed by atoms with E-state index in [-0.39, 0.29) is 20.8 Å². The quantitative estimate of drug-likeness (QED) is 0.325. The fraction of sp³-hybridized carbons (Fsp3) is 0.263. The molecule has 1 aromatic heterocycles. The molecule has 0 fully saturated rings. The normalized spacial score (nSPS) is 14.1. The third-order valence-electron chi connectivity index (χ3n) is 4.08. The van der Waals surface area contributed by atoms with Crippen LogP contribution in [0.15, 0.2) is 39.6 Å². The Bertz CT molecular complexity index is 1030. The van der Waals surface area contributed by atoms with E-state index in [0.717, 1.165) is 0 Å². The number of benzene rings is 1. The topological polar surface area (TPSA) is 109 Å². The van der Waals surface area contributed by atoms with Gasteiger partial charge in [0, 0.05) is 24.6 Å². The van der Waals surface area contributed by atoms with Gasteiger partial charge in [-0.1, -0.05) is 0 Å². The zero-order valence-corrected chi connectivity index (χ0v) is 18.1. The number of ketones is 2. The minimum absolute atomic E-state index is 0.0392. The zero-order chi connectivity index (χ0) is 21.0. The molecule has 0 unspecified atom stereocenters.